The van der Waals surface area contributed by atoms with E-state index >= 15 is 0 Å². The van der Waals surface area contributed by atoms with Gasteiger partial charge in [-0.15, -0.1) is 0 Å². The number of halogens is 1. The molecule has 0 unspecified atom stereocenters. The molecule has 2 aromatic rings. The lowest BCUT2D eigenvalue weighted by Gasteiger charge is -2.17. The minimum absolute atomic E-state index is 0.000167. The van der Waals surface area contributed by atoms with Crippen LogP contribution in [-0.2, 0) is 4.79 Å². The van der Waals surface area contributed by atoms with E-state index in [4.69, 9.17) is 9.47 Å². The Kier molecular flexibility index (Phi) is 7.76. The van der Waals surface area contributed by atoms with Crippen molar-refractivity contribution in [3.63, 3.8) is 0 Å². The van der Waals surface area contributed by atoms with Crippen molar-refractivity contribution in [3.8, 4) is 11.5 Å². The summed E-state index contributed by atoms with van der Waals surface area (Å²) in [5.41, 5.74) is 0.801. The van der Waals surface area contributed by atoms with Crippen molar-refractivity contribution in [1.82, 2.24) is 4.90 Å². The van der Waals surface area contributed by atoms with E-state index in [-0.39, 0.29) is 5.91 Å². The van der Waals surface area contributed by atoms with Gasteiger partial charge in [-0.1, -0.05) is 28.1 Å². The third kappa shape index (κ3) is 6.76. The van der Waals surface area contributed by atoms with Crippen molar-refractivity contribution < 1.29 is 14.3 Å². The van der Waals surface area contributed by atoms with E-state index in [1.807, 2.05) is 55.6 Å². The van der Waals surface area contributed by atoms with Crippen molar-refractivity contribution >= 4 is 27.5 Å². The van der Waals surface area contributed by atoms with Gasteiger partial charge in [0.15, 0.2) is 11.5 Å². The van der Waals surface area contributed by atoms with Crippen LogP contribution in [0.5, 0.6) is 11.5 Å². The summed E-state index contributed by atoms with van der Waals surface area (Å²) in [7, 11) is 3.59. The number of amides is 1. The molecule has 134 valence electrons. The SMILES string of the molecule is COc1ccccc1OCCN(C)CCC(=O)Nc1ccc(Br)cc1. The number of para-hydroxylation sites is 2. The zero-order valence-corrected chi connectivity index (χ0v) is 16.1. The van der Waals surface area contributed by atoms with Crippen LogP contribution in [0.3, 0.4) is 0 Å². The van der Waals surface area contributed by atoms with Gasteiger partial charge in [0.1, 0.15) is 6.61 Å². The highest BCUT2D eigenvalue weighted by atomic mass is 79.9. The first-order chi connectivity index (χ1) is 12.1. The van der Waals surface area contributed by atoms with Gasteiger partial charge in [0.2, 0.25) is 5.91 Å². The Bertz CT molecular complexity index is 677. The molecule has 0 aliphatic heterocycles. The summed E-state index contributed by atoms with van der Waals surface area (Å²) in [5.74, 6) is 1.45. The molecular formula is C19H23BrN2O3. The second-order valence-electron chi connectivity index (χ2n) is 5.61. The third-order valence-corrected chi connectivity index (χ3v) is 4.18. The van der Waals surface area contributed by atoms with Gasteiger partial charge in [-0.2, -0.15) is 0 Å². The number of carbonyl (C=O) groups is 1. The lowest BCUT2D eigenvalue weighted by Crippen LogP contribution is -2.28. The highest BCUT2D eigenvalue weighted by molar-refractivity contribution is 9.10. The summed E-state index contributed by atoms with van der Waals surface area (Å²) in [5, 5.41) is 2.89. The van der Waals surface area contributed by atoms with Gasteiger partial charge >= 0.3 is 0 Å². The fraction of sp³-hybridized carbons (Fsp3) is 0.316. The maximum atomic E-state index is 12.0. The first-order valence-corrected chi connectivity index (χ1v) is 8.87. The van der Waals surface area contributed by atoms with Crippen LogP contribution in [0.4, 0.5) is 5.69 Å². The molecule has 0 fully saturated rings. The summed E-state index contributed by atoms with van der Waals surface area (Å²) in [6.07, 6.45) is 0.432. The number of nitrogens with one attached hydrogen (secondary N) is 1. The standard InChI is InChI=1S/C19H23BrN2O3/c1-22(13-14-25-18-6-4-3-5-17(18)24-2)12-11-19(23)21-16-9-7-15(20)8-10-16/h3-10H,11-14H2,1-2H3,(H,21,23). The molecule has 0 aromatic heterocycles. The predicted molar refractivity (Wildman–Crippen MR) is 103 cm³/mol. The molecule has 0 atom stereocenters. The van der Waals surface area contributed by atoms with E-state index in [0.717, 1.165) is 28.2 Å². The number of anilines is 1. The second kappa shape index (κ2) is 10.1. The topological polar surface area (TPSA) is 50.8 Å². The summed E-state index contributed by atoms with van der Waals surface area (Å²) in [6.45, 7) is 1.92. The molecule has 25 heavy (non-hydrogen) atoms. The maximum absolute atomic E-state index is 12.0. The molecule has 6 heteroatoms. The van der Waals surface area contributed by atoms with Gasteiger partial charge < -0.3 is 19.7 Å². The molecule has 0 heterocycles. The molecule has 2 rings (SSSR count). The van der Waals surface area contributed by atoms with E-state index < -0.39 is 0 Å². The van der Waals surface area contributed by atoms with Crippen molar-refractivity contribution in [2.45, 2.75) is 6.42 Å². The average Bonchev–Trinajstić information content (AvgIpc) is 2.62. The molecule has 0 aliphatic carbocycles. The number of hydrogen-bond acceptors (Lipinski definition) is 4. The van der Waals surface area contributed by atoms with Gasteiger partial charge in [0, 0.05) is 29.7 Å². The fourth-order valence-electron chi connectivity index (χ4n) is 2.21. The number of nitrogens with zero attached hydrogens (tertiary/aromatic N) is 1. The average molecular weight is 407 g/mol. The van der Waals surface area contributed by atoms with Gasteiger partial charge in [-0.3, -0.25) is 4.79 Å². The number of methoxy groups -OCH3 is 1. The molecule has 2 aromatic carbocycles. The van der Waals surface area contributed by atoms with Crippen molar-refractivity contribution in [2.75, 3.05) is 39.2 Å². The summed E-state index contributed by atoms with van der Waals surface area (Å²) in [4.78, 5) is 14.0. The van der Waals surface area contributed by atoms with Crippen LogP contribution >= 0.6 is 15.9 Å². The Labute approximate surface area is 157 Å². The predicted octanol–water partition coefficient (Wildman–Crippen LogP) is 3.80. The number of rotatable bonds is 9. The van der Waals surface area contributed by atoms with Crippen molar-refractivity contribution in [1.29, 1.82) is 0 Å². The first-order valence-electron chi connectivity index (χ1n) is 8.08. The number of likely N-dealkylation sites (N-methyl/N-ethyl adjacent to an activating group) is 1. The van der Waals surface area contributed by atoms with Crippen LogP contribution in [0.2, 0.25) is 0 Å². The molecule has 5 nitrogen and oxygen atoms in total. The Balaban J connectivity index is 1.67. The van der Waals surface area contributed by atoms with Crippen molar-refractivity contribution in [2.24, 2.45) is 0 Å². The van der Waals surface area contributed by atoms with Crippen LogP contribution in [0.15, 0.2) is 53.0 Å². The zero-order chi connectivity index (χ0) is 18.1. The van der Waals surface area contributed by atoms with Crippen LogP contribution in [0, 0.1) is 0 Å². The Morgan fingerprint density at radius 2 is 1.76 bits per heavy atom. The lowest BCUT2D eigenvalue weighted by atomic mass is 10.3. The molecule has 0 saturated carbocycles. The van der Waals surface area contributed by atoms with Gasteiger partial charge in [0.25, 0.3) is 0 Å². The number of benzene rings is 2. The highest BCUT2D eigenvalue weighted by Crippen LogP contribution is 2.25. The van der Waals surface area contributed by atoms with E-state index in [0.29, 0.717) is 19.6 Å². The fourth-order valence-corrected chi connectivity index (χ4v) is 2.47. The van der Waals surface area contributed by atoms with E-state index in [2.05, 4.69) is 26.1 Å². The van der Waals surface area contributed by atoms with Gasteiger partial charge in [-0.05, 0) is 43.4 Å². The van der Waals surface area contributed by atoms with Crippen molar-refractivity contribution in [3.05, 3.63) is 53.0 Å². The van der Waals surface area contributed by atoms with Crippen LogP contribution in [0.25, 0.3) is 0 Å². The van der Waals surface area contributed by atoms with Gasteiger partial charge in [0.05, 0.1) is 7.11 Å². The van der Waals surface area contributed by atoms with Crippen LogP contribution in [-0.4, -0.2) is 44.7 Å². The highest BCUT2D eigenvalue weighted by Gasteiger charge is 2.07. The monoisotopic (exact) mass is 406 g/mol. The van der Waals surface area contributed by atoms with Gasteiger partial charge in [-0.25, -0.2) is 0 Å². The third-order valence-electron chi connectivity index (χ3n) is 3.65. The molecule has 0 spiro atoms. The largest absolute Gasteiger partial charge is 0.493 e. The first kappa shape index (κ1) is 19.3. The molecule has 1 N–H and O–H groups in total. The van der Waals surface area contributed by atoms with E-state index in [9.17, 15) is 4.79 Å². The quantitative estimate of drug-likeness (QED) is 0.687. The Hall–Kier alpha value is -2.05. The Morgan fingerprint density at radius 1 is 1.08 bits per heavy atom. The molecule has 0 radical (unpaired) electrons. The normalized spacial score (nSPS) is 10.6. The summed E-state index contributed by atoms with van der Waals surface area (Å²) < 4.78 is 12.0. The zero-order valence-electron chi connectivity index (χ0n) is 14.5. The lowest BCUT2D eigenvalue weighted by molar-refractivity contribution is -0.116. The smallest absolute Gasteiger partial charge is 0.225 e. The molecule has 0 aliphatic rings. The molecule has 1 amide bonds. The number of ether oxygens (including phenoxy) is 2. The van der Waals surface area contributed by atoms with Crippen LogP contribution in [0.1, 0.15) is 6.42 Å². The summed E-state index contributed by atoms with van der Waals surface area (Å²) >= 11 is 3.37. The van der Waals surface area contributed by atoms with E-state index in [1.54, 1.807) is 7.11 Å². The minimum Gasteiger partial charge on any atom is -0.493 e. The molecule has 0 saturated heterocycles. The number of hydrogen-bond donors (Lipinski definition) is 1. The minimum atomic E-state index is -0.000167. The van der Waals surface area contributed by atoms with E-state index in [1.165, 1.54) is 0 Å². The number of carbonyl (C=O) groups excluding carboxylic acids is 1. The molecule has 0 bridgehead atoms. The second-order valence-corrected chi connectivity index (χ2v) is 6.52. The Morgan fingerprint density at radius 3 is 2.44 bits per heavy atom. The van der Waals surface area contributed by atoms with Crippen LogP contribution < -0.4 is 14.8 Å². The molecular weight excluding hydrogens is 384 g/mol. The summed E-state index contributed by atoms with van der Waals surface area (Å²) in [6, 6.07) is 15.1. The maximum Gasteiger partial charge on any atom is 0.225 e.